The molecule has 1 aromatic heterocycles. The number of benzene rings is 3. The molecule has 9 heteroatoms. The van der Waals surface area contributed by atoms with E-state index in [1.54, 1.807) is 36.4 Å². The number of anilines is 5. The van der Waals surface area contributed by atoms with Crippen molar-refractivity contribution < 1.29 is 13.2 Å². The largest absolute Gasteiger partial charge is 0.494 e. The summed E-state index contributed by atoms with van der Waals surface area (Å²) >= 11 is 0. The molecule has 186 valence electrons. The van der Waals surface area contributed by atoms with E-state index in [2.05, 4.69) is 25.3 Å². The van der Waals surface area contributed by atoms with Gasteiger partial charge in [-0.05, 0) is 87.9 Å². The van der Waals surface area contributed by atoms with Crippen LogP contribution >= 0.6 is 0 Å². The number of rotatable bonds is 9. The molecule has 0 spiro atoms. The van der Waals surface area contributed by atoms with Crippen LogP contribution in [0.1, 0.15) is 23.7 Å². The number of hydrogen-bond donors (Lipinski definition) is 3. The smallest absolute Gasteiger partial charge is 0.261 e. The Balaban J connectivity index is 1.45. The molecule has 0 aliphatic carbocycles. The average molecular weight is 504 g/mol. The molecule has 3 aromatic carbocycles. The summed E-state index contributed by atoms with van der Waals surface area (Å²) < 4.78 is 33.8. The molecule has 0 bridgehead atoms. The molecule has 0 aliphatic heterocycles. The van der Waals surface area contributed by atoms with E-state index in [9.17, 15) is 8.42 Å². The Morgan fingerprint density at radius 1 is 0.778 bits per heavy atom. The van der Waals surface area contributed by atoms with E-state index in [0.717, 1.165) is 22.6 Å². The number of ether oxygens (including phenoxy) is 1. The lowest BCUT2D eigenvalue weighted by molar-refractivity contribution is 0.337. The van der Waals surface area contributed by atoms with Crippen LogP contribution in [-0.2, 0) is 10.0 Å². The van der Waals surface area contributed by atoms with Crippen molar-refractivity contribution in [2.24, 2.45) is 0 Å². The molecular weight excluding hydrogens is 474 g/mol. The number of nitrogens with one attached hydrogen (secondary N) is 3. The van der Waals surface area contributed by atoms with E-state index in [1.165, 1.54) is 11.6 Å². The van der Waals surface area contributed by atoms with Gasteiger partial charge in [0.15, 0.2) is 0 Å². The lowest BCUT2D eigenvalue weighted by atomic mass is 10.2. The highest BCUT2D eigenvalue weighted by Gasteiger charge is 2.16. The quantitative estimate of drug-likeness (QED) is 0.254. The Labute approximate surface area is 211 Å². The molecule has 0 aliphatic rings. The third kappa shape index (κ3) is 6.31. The van der Waals surface area contributed by atoms with Crippen molar-refractivity contribution in [1.29, 1.82) is 0 Å². The highest BCUT2D eigenvalue weighted by molar-refractivity contribution is 7.92. The zero-order valence-electron chi connectivity index (χ0n) is 20.7. The van der Waals surface area contributed by atoms with Gasteiger partial charge in [0.05, 0.1) is 11.5 Å². The first-order valence-corrected chi connectivity index (χ1v) is 13.0. The van der Waals surface area contributed by atoms with Gasteiger partial charge >= 0.3 is 0 Å². The van der Waals surface area contributed by atoms with Crippen molar-refractivity contribution in [3.8, 4) is 5.75 Å². The molecule has 0 atom stereocenters. The summed E-state index contributed by atoms with van der Waals surface area (Å²) in [7, 11) is -3.74. The molecule has 0 fully saturated rings. The molecule has 0 unspecified atom stereocenters. The molecule has 8 nitrogen and oxygen atoms in total. The molecule has 3 N–H and O–H groups in total. The van der Waals surface area contributed by atoms with E-state index in [0.29, 0.717) is 29.8 Å². The number of aryl methyl sites for hydroxylation is 3. The van der Waals surface area contributed by atoms with Gasteiger partial charge in [0.2, 0.25) is 5.95 Å². The van der Waals surface area contributed by atoms with Crippen molar-refractivity contribution in [3.63, 3.8) is 0 Å². The molecule has 36 heavy (non-hydrogen) atoms. The van der Waals surface area contributed by atoms with E-state index >= 15 is 0 Å². The maximum absolute atomic E-state index is 12.8. The molecule has 0 radical (unpaired) electrons. The summed E-state index contributed by atoms with van der Waals surface area (Å²) in [4.78, 5) is 9.17. The van der Waals surface area contributed by atoms with Gasteiger partial charge < -0.3 is 15.4 Å². The zero-order valence-corrected chi connectivity index (χ0v) is 21.5. The molecule has 4 aromatic rings. The minimum atomic E-state index is -3.74. The Morgan fingerprint density at radius 2 is 1.42 bits per heavy atom. The van der Waals surface area contributed by atoms with Crippen LogP contribution in [0.5, 0.6) is 5.75 Å². The zero-order chi connectivity index (χ0) is 25.7. The predicted molar refractivity (Wildman–Crippen MR) is 144 cm³/mol. The molecule has 4 rings (SSSR count). The van der Waals surface area contributed by atoms with Gasteiger partial charge in [-0.1, -0.05) is 17.7 Å². The van der Waals surface area contributed by atoms with Crippen molar-refractivity contribution in [2.45, 2.75) is 32.6 Å². The number of nitrogens with zero attached hydrogens (tertiary/aromatic N) is 2. The monoisotopic (exact) mass is 503 g/mol. The normalized spacial score (nSPS) is 11.1. The van der Waals surface area contributed by atoms with Crippen LogP contribution in [0.4, 0.5) is 28.8 Å². The number of aromatic nitrogens is 2. The minimum absolute atomic E-state index is 0.174. The fraction of sp³-hybridized carbons (Fsp3) is 0.185. The van der Waals surface area contributed by atoms with Gasteiger partial charge in [0, 0.05) is 28.8 Å². The topological polar surface area (TPSA) is 105 Å². The third-order valence-corrected chi connectivity index (χ3v) is 6.71. The molecule has 0 amide bonds. The first-order chi connectivity index (χ1) is 17.2. The summed E-state index contributed by atoms with van der Waals surface area (Å²) in [6, 6.07) is 21.6. The van der Waals surface area contributed by atoms with E-state index < -0.39 is 10.0 Å². The van der Waals surface area contributed by atoms with Crippen LogP contribution in [0.25, 0.3) is 0 Å². The summed E-state index contributed by atoms with van der Waals surface area (Å²) in [5.74, 6) is 1.77. The molecular formula is C27H29N5O3S. The Kier molecular flexibility index (Phi) is 7.40. The van der Waals surface area contributed by atoms with Crippen LogP contribution in [0.2, 0.25) is 0 Å². The maximum Gasteiger partial charge on any atom is 0.261 e. The second kappa shape index (κ2) is 10.7. The summed E-state index contributed by atoms with van der Waals surface area (Å²) in [5.41, 5.74) is 4.85. The van der Waals surface area contributed by atoms with Crippen molar-refractivity contribution in [1.82, 2.24) is 9.97 Å². The average Bonchev–Trinajstić information content (AvgIpc) is 2.83. The fourth-order valence-electron chi connectivity index (χ4n) is 3.54. The molecule has 0 saturated carbocycles. The predicted octanol–water partition coefficient (Wildman–Crippen LogP) is 6.09. The van der Waals surface area contributed by atoms with Gasteiger partial charge in [-0.2, -0.15) is 4.98 Å². The van der Waals surface area contributed by atoms with Crippen LogP contribution in [-0.4, -0.2) is 25.0 Å². The van der Waals surface area contributed by atoms with Crippen LogP contribution < -0.4 is 20.1 Å². The van der Waals surface area contributed by atoms with Gasteiger partial charge in [0.25, 0.3) is 10.0 Å². The number of sulfonamides is 1. The summed E-state index contributed by atoms with van der Waals surface area (Å²) in [6.07, 6.45) is 0. The van der Waals surface area contributed by atoms with Gasteiger partial charge in [-0.3, -0.25) is 4.72 Å². The molecule has 0 saturated heterocycles. The first kappa shape index (κ1) is 25.0. The van der Waals surface area contributed by atoms with Crippen LogP contribution in [0.3, 0.4) is 0 Å². The van der Waals surface area contributed by atoms with Crippen molar-refractivity contribution >= 4 is 38.9 Å². The third-order valence-electron chi connectivity index (χ3n) is 5.33. The van der Waals surface area contributed by atoms with E-state index in [4.69, 9.17) is 4.74 Å². The molecule has 1 heterocycles. The Morgan fingerprint density at radius 3 is 2.08 bits per heavy atom. The minimum Gasteiger partial charge on any atom is -0.494 e. The Hall–Kier alpha value is -4.11. The number of hydrogen-bond acceptors (Lipinski definition) is 7. The second-order valence-electron chi connectivity index (χ2n) is 8.38. The Bertz CT molecular complexity index is 1450. The van der Waals surface area contributed by atoms with E-state index in [-0.39, 0.29) is 4.90 Å². The van der Waals surface area contributed by atoms with Crippen LogP contribution in [0.15, 0.2) is 77.7 Å². The maximum atomic E-state index is 12.8. The lowest BCUT2D eigenvalue weighted by Crippen LogP contribution is -2.13. The summed E-state index contributed by atoms with van der Waals surface area (Å²) in [6.45, 7) is 8.16. The lowest BCUT2D eigenvalue weighted by Gasteiger charge is -2.12. The fourth-order valence-corrected chi connectivity index (χ4v) is 4.69. The SMILES string of the molecule is CCOc1ccc(S(=O)(=O)Nc2ccc(Nc3nc(C)cc(Nc4ccc(C)cc4)n3)cc2)cc1C. The highest BCUT2D eigenvalue weighted by Crippen LogP contribution is 2.25. The van der Waals surface area contributed by atoms with Crippen molar-refractivity contribution in [3.05, 3.63) is 89.6 Å². The van der Waals surface area contributed by atoms with Gasteiger partial charge in [-0.25, -0.2) is 13.4 Å². The van der Waals surface area contributed by atoms with Crippen molar-refractivity contribution in [2.75, 3.05) is 22.0 Å². The first-order valence-electron chi connectivity index (χ1n) is 11.5. The highest BCUT2D eigenvalue weighted by atomic mass is 32.2. The second-order valence-corrected chi connectivity index (χ2v) is 10.1. The summed E-state index contributed by atoms with van der Waals surface area (Å²) in [5, 5.41) is 6.46. The van der Waals surface area contributed by atoms with E-state index in [1.807, 2.05) is 58.0 Å². The van der Waals surface area contributed by atoms with Gasteiger partial charge in [0.1, 0.15) is 11.6 Å². The standard InChI is InChI=1S/C27H29N5O3S/c1-5-35-25-15-14-24(16-19(25)3)36(33,34)32-23-12-10-22(11-13-23)30-27-28-20(4)17-26(31-27)29-21-8-6-18(2)7-9-21/h6-17,32H,5H2,1-4H3,(H2,28,29,30,31). The van der Waals surface area contributed by atoms with Crippen LogP contribution in [0, 0.1) is 20.8 Å². The van der Waals surface area contributed by atoms with Gasteiger partial charge in [-0.15, -0.1) is 0 Å².